The molecule has 0 saturated carbocycles. The van der Waals surface area contributed by atoms with Gasteiger partial charge in [-0.1, -0.05) is 18.2 Å². The molecule has 0 atom stereocenters. The van der Waals surface area contributed by atoms with E-state index in [2.05, 4.69) is 10.4 Å². The number of nitrogens with one attached hydrogen (secondary N) is 2. The summed E-state index contributed by atoms with van der Waals surface area (Å²) in [7, 11) is 1.49. The van der Waals surface area contributed by atoms with Gasteiger partial charge in [-0.25, -0.2) is 5.53 Å². The first-order valence-corrected chi connectivity index (χ1v) is 5.66. The number of nitrogens with zero attached hydrogens (tertiary/aromatic N) is 1. The highest BCUT2D eigenvalue weighted by Gasteiger charge is 2.08. The highest BCUT2D eigenvalue weighted by molar-refractivity contribution is 6.04. The molecule has 96 valence electrons. The molecule has 1 amide bonds. The van der Waals surface area contributed by atoms with E-state index >= 15 is 0 Å². The number of methoxy groups -OCH3 is 1. The molecule has 0 radical (unpaired) electrons. The molecule has 2 aromatic carbocycles. The summed E-state index contributed by atoms with van der Waals surface area (Å²) < 4.78 is 5.10. The van der Waals surface area contributed by atoms with E-state index in [4.69, 9.17) is 10.3 Å². The van der Waals surface area contributed by atoms with Crippen LogP contribution < -0.4 is 10.1 Å². The molecule has 0 saturated heterocycles. The predicted octanol–water partition coefficient (Wildman–Crippen LogP) is 3.61. The normalized spacial score (nSPS) is 9.74. The summed E-state index contributed by atoms with van der Waals surface area (Å²) >= 11 is 0. The molecular formula is C14H13N3O2. The van der Waals surface area contributed by atoms with Crippen molar-refractivity contribution in [3.8, 4) is 5.75 Å². The van der Waals surface area contributed by atoms with Gasteiger partial charge in [0, 0.05) is 17.3 Å². The highest BCUT2D eigenvalue weighted by atomic mass is 16.5. The average molecular weight is 255 g/mol. The SMILES string of the molecule is COc1cc(NC(=O)c2ccccc2)ccc1N=N. The smallest absolute Gasteiger partial charge is 0.255 e. The minimum absolute atomic E-state index is 0.196. The Bertz CT molecular complexity index is 597. The fraction of sp³-hybridized carbons (Fsp3) is 0.0714. The Hall–Kier alpha value is -2.69. The summed E-state index contributed by atoms with van der Waals surface area (Å²) in [5.74, 6) is 0.249. The van der Waals surface area contributed by atoms with Gasteiger partial charge in [-0.3, -0.25) is 4.79 Å². The van der Waals surface area contributed by atoms with Crippen molar-refractivity contribution in [1.82, 2.24) is 0 Å². The third-order valence-corrected chi connectivity index (χ3v) is 2.59. The Morgan fingerprint density at radius 2 is 1.95 bits per heavy atom. The van der Waals surface area contributed by atoms with Gasteiger partial charge in [0.15, 0.2) is 0 Å². The van der Waals surface area contributed by atoms with Crippen molar-refractivity contribution in [2.45, 2.75) is 0 Å². The monoisotopic (exact) mass is 255 g/mol. The van der Waals surface area contributed by atoms with Gasteiger partial charge < -0.3 is 10.1 Å². The maximum atomic E-state index is 12.0. The van der Waals surface area contributed by atoms with E-state index in [1.165, 1.54) is 7.11 Å². The highest BCUT2D eigenvalue weighted by Crippen LogP contribution is 2.30. The molecule has 0 heterocycles. The number of anilines is 1. The molecule has 2 N–H and O–H groups in total. The van der Waals surface area contributed by atoms with Gasteiger partial charge in [-0.15, -0.1) is 0 Å². The van der Waals surface area contributed by atoms with E-state index in [9.17, 15) is 4.79 Å². The van der Waals surface area contributed by atoms with E-state index in [-0.39, 0.29) is 5.91 Å². The van der Waals surface area contributed by atoms with Crippen molar-refractivity contribution in [2.24, 2.45) is 5.11 Å². The molecule has 0 bridgehead atoms. The van der Waals surface area contributed by atoms with E-state index in [0.29, 0.717) is 22.7 Å². The van der Waals surface area contributed by atoms with Crippen LogP contribution >= 0.6 is 0 Å². The second kappa shape index (κ2) is 5.77. The van der Waals surface area contributed by atoms with Gasteiger partial charge in [0.1, 0.15) is 11.4 Å². The van der Waals surface area contributed by atoms with Crippen molar-refractivity contribution in [3.05, 3.63) is 54.1 Å². The van der Waals surface area contributed by atoms with E-state index in [1.807, 2.05) is 6.07 Å². The van der Waals surface area contributed by atoms with Crippen molar-refractivity contribution in [1.29, 1.82) is 5.53 Å². The molecule has 5 nitrogen and oxygen atoms in total. The molecule has 2 aromatic rings. The van der Waals surface area contributed by atoms with Crippen molar-refractivity contribution >= 4 is 17.3 Å². The summed E-state index contributed by atoms with van der Waals surface area (Å²) in [5.41, 5.74) is 8.58. The zero-order chi connectivity index (χ0) is 13.7. The summed E-state index contributed by atoms with van der Waals surface area (Å²) in [6.45, 7) is 0. The lowest BCUT2D eigenvalue weighted by Crippen LogP contribution is -2.11. The fourth-order valence-corrected chi connectivity index (χ4v) is 1.64. The summed E-state index contributed by atoms with van der Waals surface area (Å²) in [6, 6.07) is 13.9. The number of hydrogen-bond donors (Lipinski definition) is 2. The Kier molecular flexibility index (Phi) is 3.87. The molecule has 0 aliphatic heterocycles. The van der Waals surface area contributed by atoms with Gasteiger partial charge >= 0.3 is 0 Å². The van der Waals surface area contributed by atoms with Crippen LogP contribution in [0.4, 0.5) is 11.4 Å². The second-order valence-corrected chi connectivity index (χ2v) is 3.82. The van der Waals surface area contributed by atoms with Crippen LogP contribution in [0.5, 0.6) is 5.75 Å². The number of carbonyl (C=O) groups excluding carboxylic acids is 1. The predicted molar refractivity (Wildman–Crippen MR) is 72.2 cm³/mol. The van der Waals surface area contributed by atoms with E-state index < -0.39 is 0 Å². The number of hydrogen-bond acceptors (Lipinski definition) is 4. The van der Waals surface area contributed by atoms with Crippen LogP contribution in [0.3, 0.4) is 0 Å². The standard InChI is InChI=1S/C14H13N3O2/c1-19-13-9-11(7-8-12(13)17-15)16-14(18)10-5-3-2-4-6-10/h2-9,15H,1H3,(H,16,18). The van der Waals surface area contributed by atoms with Gasteiger partial charge in [-0.05, 0) is 24.3 Å². The maximum Gasteiger partial charge on any atom is 0.255 e. The zero-order valence-electron chi connectivity index (χ0n) is 10.4. The van der Waals surface area contributed by atoms with Crippen LogP contribution in [-0.2, 0) is 0 Å². The van der Waals surface area contributed by atoms with Gasteiger partial charge in [0.25, 0.3) is 5.91 Å². The molecule has 19 heavy (non-hydrogen) atoms. The molecule has 5 heteroatoms. The van der Waals surface area contributed by atoms with E-state index in [1.54, 1.807) is 42.5 Å². The zero-order valence-corrected chi connectivity index (χ0v) is 10.4. The quantitative estimate of drug-likeness (QED) is 0.819. The lowest BCUT2D eigenvalue weighted by Gasteiger charge is -2.08. The molecule has 0 aliphatic rings. The Labute approximate surface area is 110 Å². The minimum atomic E-state index is -0.196. The van der Waals surface area contributed by atoms with Crippen LogP contribution in [-0.4, -0.2) is 13.0 Å². The lowest BCUT2D eigenvalue weighted by molar-refractivity contribution is 0.102. The van der Waals surface area contributed by atoms with Crippen LogP contribution in [0, 0.1) is 5.53 Å². The average Bonchev–Trinajstić information content (AvgIpc) is 2.48. The minimum Gasteiger partial charge on any atom is -0.494 e. The van der Waals surface area contributed by atoms with Gasteiger partial charge in [-0.2, -0.15) is 5.11 Å². The summed E-state index contributed by atoms with van der Waals surface area (Å²) in [5, 5.41) is 6.09. The van der Waals surface area contributed by atoms with Crippen molar-refractivity contribution in [2.75, 3.05) is 12.4 Å². The number of carbonyl (C=O) groups is 1. The first-order valence-electron chi connectivity index (χ1n) is 5.66. The summed E-state index contributed by atoms with van der Waals surface area (Å²) in [4.78, 5) is 12.0. The molecule has 2 rings (SSSR count). The largest absolute Gasteiger partial charge is 0.494 e. The Morgan fingerprint density at radius 1 is 1.21 bits per heavy atom. The molecule has 0 aromatic heterocycles. The lowest BCUT2D eigenvalue weighted by atomic mass is 10.2. The van der Waals surface area contributed by atoms with Crippen LogP contribution in [0.1, 0.15) is 10.4 Å². The second-order valence-electron chi connectivity index (χ2n) is 3.82. The summed E-state index contributed by atoms with van der Waals surface area (Å²) in [6.07, 6.45) is 0. The number of amides is 1. The molecule has 0 unspecified atom stereocenters. The Morgan fingerprint density at radius 3 is 2.58 bits per heavy atom. The van der Waals surface area contributed by atoms with Crippen LogP contribution in [0.25, 0.3) is 0 Å². The van der Waals surface area contributed by atoms with Gasteiger partial charge in [0.05, 0.1) is 7.11 Å². The third kappa shape index (κ3) is 2.95. The number of rotatable bonds is 4. The van der Waals surface area contributed by atoms with Crippen molar-refractivity contribution in [3.63, 3.8) is 0 Å². The molecule has 0 fully saturated rings. The maximum absolute atomic E-state index is 12.0. The first-order chi connectivity index (χ1) is 9.24. The topological polar surface area (TPSA) is 74.5 Å². The first kappa shape index (κ1) is 12.8. The van der Waals surface area contributed by atoms with E-state index in [0.717, 1.165) is 0 Å². The van der Waals surface area contributed by atoms with Crippen molar-refractivity contribution < 1.29 is 9.53 Å². The molecule has 0 spiro atoms. The fourth-order valence-electron chi connectivity index (χ4n) is 1.64. The number of benzene rings is 2. The van der Waals surface area contributed by atoms with Crippen LogP contribution in [0.2, 0.25) is 0 Å². The van der Waals surface area contributed by atoms with Crippen LogP contribution in [0.15, 0.2) is 53.6 Å². The van der Waals surface area contributed by atoms with Gasteiger partial charge in [0.2, 0.25) is 0 Å². The molecule has 0 aliphatic carbocycles. The Balaban J connectivity index is 2.20. The third-order valence-electron chi connectivity index (χ3n) is 2.59. The molecular weight excluding hydrogens is 242 g/mol. The number of ether oxygens (including phenoxy) is 1.